The Morgan fingerprint density at radius 3 is 2.69 bits per heavy atom. The molecule has 2 heterocycles. The molecule has 2 aromatic carbocycles. The molecule has 1 saturated heterocycles. The van der Waals surface area contributed by atoms with Crippen molar-refractivity contribution in [2.75, 3.05) is 19.6 Å². The number of carbonyl (C=O) groups excluding carboxylic acids is 1. The van der Waals surface area contributed by atoms with Crippen LogP contribution in [-0.2, 0) is 0 Å². The molecule has 4 heteroatoms. The lowest BCUT2D eigenvalue weighted by molar-refractivity contribution is 0.0925. The Hall–Kier alpha value is -2.72. The summed E-state index contributed by atoms with van der Waals surface area (Å²) in [5.41, 5.74) is 3.69. The second-order valence-electron chi connectivity index (χ2n) is 8.02. The molecular formula is C25H29N3O. The lowest BCUT2D eigenvalue weighted by Crippen LogP contribution is -2.35. The van der Waals surface area contributed by atoms with Crippen molar-refractivity contribution in [2.24, 2.45) is 0 Å². The number of rotatable bonds is 6. The van der Waals surface area contributed by atoms with Crippen LogP contribution in [-0.4, -0.2) is 35.4 Å². The third-order valence-electron chi connectivity index (χ3n) is 5.76. The molecule has 0 spiro atoms. The van der Waals surface area contributed by atoms with Crippen molar-refractivity contribution < 1.29 is 4.79 Å². The average Bonchev–Trinajstić information content (AvgIpc) is 2.77. The van der Waals surface area contributed by atoms with E-state index in [0.717, 1.165) is 29.4 Å². The number of amides is 1. The van der Waals surface area contributed by atoms with Crippen LogP contribution in [0.3, 0.4) is 0 Å². The van der Waals surface area contributed by atoms with Gasteiger partial charge in [-0.3, -0.25) is 4.79 Å². The van der Waals surface area contributed by atoms with Gasteiger partial charge in [-0.25, -0.2) is 4.98 Å². The maximum absolute atomic E-state index is 13.0. The zero-order valence-corrected chi connectivity index (χ0v) is 17.1. The summed E-state index contributed by atoms with van der Waals surface area (Å²) in [5, 5.41) is 4.30. The van der Waals surface area contributed by atoms with Gasteiger partial charge in [0.1, 0.15) is 5.69 Å². The first kappa shape index (κ1) is 19.6. The molecule has 29 heavy (non-hydrogen) atoms. The highest BCUT2D eigenvalue weighted by atomic mass is 16.1. The zero-order valence-electron chi connectivity index (χ0n) is 17.1. The van der Waals surface area contributed by atoms with E-state index in [0.29, 0.717) is 5.69 Å². The number of hydrogen-bond acceptors (Lipinski definition) is 3. The van der Waals surface area contributed by atoms with Crippen molar-refractivity contribution in [3.05, 3.63) is 77.5 Å². The van der Waals surface area contributed by atoms with Crippen LogP contribution in [0.4, 0.5) is 0 Å². The Kier molecular flexibility index (Phi) is 6.20. The van der Waals surface area contributed by atoms with Gasteiger partial charge in [0.15, 0.2) is 0 Å². The largest absolute Gasteiger partial charge is 0.344 e. The standard InChI is InChI=1S/C25H29N3O/c1-19-8-7-10-21(18-19)23(14-17-28-15-5-2-6-16-28)27-25(29)24-13-12-20-9-3-4-11-22(20)26-24/h3-4,7-13,18,23H,2,5-6,14-17H2,1H3,(H,27,29). The molecule has 150 valence electrons. The van der Waals surface area contributed by atoms with Gasteiger partial charge in [-0.15, -0.1) is 0 Å². The van der Waals surface area contributed by atoms with E-state index in [-0.39, 0.29) is 11.9 Å². The van der Waals surface area contributed by atoms with Crippen LogP contribution in [0.2, 0.25) is 0 Å². The molecule has 0 saturated carbocycles. The number of piperidine rings is 1. The predicted octanol–water partition coefficient (Wildman–Crippen LogP) is 4.89. The van der Waals surface area contributed by atoms with Crippen LogP contribution in [0.1, 0.15) is 53.3 Å². The highest BCUT2D eigenvalue weighted by molar-refractivity contribution is 5.95. The molecule has 1 aliphatic rings. The summed E-state index contributed by atoms with van der Waals surface area (Å²) in [7, 11) is 0. The van der Waals surface area contributed by atoms with Gasteiger partial charge in [0.2, 0.25) is 0 Å². The molecule has 0 aliphatic carbocycles. The fraction of sp³-hybridized carbons (Fsp3) is 0.360. The molecule has 1 amide bonds. The van der Waals surface area contributed by atoms with E-state index < -0.39 is 0 Å². The minimum Gasteiger partial charge on any atom is -0.344 e. The average molecular weight is 388 g/mol. The van der Waals surface area contributed by atoms with Gasteiger partial charge in [0.05, 0.1) is 11.6 Å². The van der Waals surface area contributed by atoms with Crippen LogP contribution >= 0.6 is 0 Å². The van der Waals surface area contributed by atoms with Gasteiger partial charge in [-0.1, -0.05) is 60.5 Å². The first-order chi connectivity index (χ1) is 14.2. The van der Waals surface area contributed by atoms with Crippen LogP contribution in [0.15, 0.2) is 60.7 Å². The number of para-hydroxylation sites is 1. The van der Waals surface area contributed by atoms with Gasteiger partial charge >= 0.3 is 0 Å². The number of aromatic nitrogens is 1. The Bertz CT molecular complexity index is 978. The highest BCUT2D eigenvalue weighted by Gasteiger charge is 2.19. The number of hydrogen-bond donors (Lipinski definition) is 1. The minimum atomic E-state index is -0.110. The Balaban J connectivity index is 1.51. The van der Waals surface area contributed by atoms with Crippen molar-refractivity contribution in [2.45, 2.75) is 38.6 Å². The van der Waals surface area contributed by atoms with Gasteiger partial charge in [-0.2, -0.15) is 0 Å². The van der Waals surface area contributed by atoms with Crippen molar-refractivity contribution in [3.63, 3.8) is 0 Å². The highest BCUT2D eigenvalue weighted by Crippen LogP contribution is 2.21. The molecule has 4 nitrogen and oxygen atoms in total. The van der Waals surface area contributed by atoms with E-state index in [1.165, 1.54) is 37.9 Å². The number of benzene rings is 2. The Morgan fingerprint density at radius 1 is 1.03 bits per heavy atom. The van der Waals surface area contributed by atoms with E-state index in [9.17, 15) is 4.79 Å². The number of fused-ring (bicyclic) bond motifs is 1. The fourth-order valence-electron chi connectivity index (χ4n) is 4.13. The zero-order chi connectivity index (χ0) is 20.1. The van der Waals surface area contributed by atoms with Crippen LogP contribution < -0.4 is 5.32 Å². The quantitative estimate of drug-likeness (QED) is 0.655. The molecule has 1 aliphatic heterocycles. The van der Waals surface area contributed by atoms with E-state index in [2.05, 4.69) is 46.4 Å². The monoisotopic (exact) mass is 387 g/mol. The second kappa shape index (κ2) is 9.19. The summed E-state index contributed by atoms with van der Waals surface area (Å²) in [5.74, 6) is -0.110. The molecule has 0 radical (unpaired) electrons. The lowest BCUT2D eigenvalue weighted by Gasteiger charge is -2.29. The van der Waals surface area contributed by atoms with Crippen molar-refractivity contribution >= 4 is 16.8 Å². The van der Waals surface area contributed by atoms with Crippen molar-refractivity contribution in [1.29, 1.82) is 0 Å². The Labute approximate surface area is 173 Å². The maximum Gasteiger partial charge on any atom is 0.270 e. The predicted molar refractivity (Wildman–Crippen MR) is 118 cm³/mol. The number of nitrogens with one attached hydrogen (secondary N) is 1. The summed E-state index contributed by atoms with van der Waals surface area (Å²) in [6.07, 6.45) is 4.80. The third-order valence-corrected chi connectivity index (χ3v) is 5.76. The summed E-state index contributed by atoms with van der Waals surface area (Å²) in [6.45, 7) is 5.43. The second-order valence-corrected chi connectivity index (χ2v) is 8.02. The molecule has 3 aromatic rings. The minimum absolute atomic E-state index is 0.0161. The molecular weight excluding hydrogens is 358 g/mol. The number of likely N-dealkylation sites (tertiary alicyclic amines) is 1. The molecule has 1 fully saturated rings. The normalized spacial score (nSPS) is 15.9. The third kappa shape index (κ3) is 5.01. The molecule has 1 atom stereocenters. The van der Waals surface area contributed by atoms with Gasteiger partial charge in [-0.05, 0) is 57.0 Å². The summed E-state index contributed by atoms with van der Waals surface area (Å²) in [6, 6.07) is 20.1. The van der Waals surface area contributed by atoms with Crippen LogP contribution in [0, 0.1) is 6.92 Å². The SMILES string of the molecule is Cc1cccc(C(CCN2CCCCC2)NC(=O)c2ccc3ccccc3n2)c1. The molecule has 1 unspecified atom stereocenters. The first-order valence-electron chi connectivity index (χ1n) is 10.6. The maximum atomic E-state index is 13.0. The van der Waals surface area contributed by atoms with Crippen molar-refractivity contribution in [3.8, 4) is 0 Å². The van der Waals surface area contributed by atoms with Crippen molar-refractivity contribution in [1.82, 2.24) is 15.2 Å². The fourth-order valence-corrected chi connectivity index (χ4v) is 4.13. The summed E-state index contributed by atoms with van der Waals surface area (Å²) < 4.78 is 0. The molecule has 0 bridgehead atoms. The van der Waals surface area contributed by atoms with E-state index >= 15 is 0 Å². The van der Waals surface area contributed by atoms with Gasteiger partial charge in [0.25, 0.3) is 5.91 Å². The molecule has 1 aromatic heterocycles. The smallest absolute Gasteiger partial charge is 0.270 e. The van der Waals surface area contributed by atoms with Crippen LogP contribution in [0.5, 0.6) is 0 Å². The first-order valence-corrected chi connectivity index (χ1v) is 10.6. The number of carbonyl (C=O) groups is 1. The number of nitrogens with zero attached hydrogens (tertiary/aromatic N) is 2. The summed E-state index contributed by atoms with van der Waals surface area (Å²) >= 11 is 0. The van der Waals surface area contributed by atoms with Gasteiger partial charge in [0, 0.05) is 11.9 Å². The molecule has 1 N–H and O–H groups in total. The number of pyridine rings is 1. The lowest BCUT2D eigenvalue weighted by atomic mass is 10.0. The van der Waals surface area contributed by atoms with E-state index in [4.69, 9.17) is 0 Å². The van der Waals surface area contributed by atoms with Crippen LogP contribution in [0.25, 0.3) is 10.9 Å². The van der Waals surface area contributed by atoms with Gasteiger partial charge < -0.3 is 10.2 Å². The number of aryl methyl sites for hydroxylation is 1. The Morgan fingerprint density at radius 2 is 1.86 bits per heavy atom. The summed E-state index contributed by atoms with van der Waals surface area (Å²) in [4.78, 5) is 20.1. The molecule has 4 rings (SSSR count). The topological polar surface area (TPSA) is 45.2 Å². The van der Waals surface area contributed by atoms with E-state index in [1.54, 1.807) is 0 Å². The van der Waals surface area contributed by atoms with E-state index in [1.807, 2.05) is 36.4 Å².